The summed E-state index contributed by atoms with van der Waals surface area (Å²) in [6, 6.07) is 8.34. The van der Waals surface area contributed by atoms with Crippen LogP contribution >= 0.6 is 0 Å². The highest BCUT2D eigenvalue weighted by atomic mass is 16.3. The molecule has 23 heavy (non-hydrogen) atoms. The fraction of sp³-hybridized carbons (Fsp3) is 0.500. The van der Waals surface area contributed by atoms with E-state index in [0.717, 1.165) is 44.5 Å². The highest BCUT2D eigenvalue weighted by Crippen LogP contribution is 2.15. The van der Waals surface area contributed by atoms with Gasteiger partial charge in [0.2, 0.25) is 0 Å². The van der Waals surface area contributed by atoms with Crippen molar-refractivity contribution in [2.45, 2.75) is 44.7 Å². The van der Waals surface area contributed by atoms with Crippen LogP contribution in [0.1, 0.15) is 42.5 Å². The number of aryl methyl sites for hydroxylation is 1. The van der Waals surface area contributed by atoms with Gasteiger partial charge in [-0.3, -0.25) is 4.79 Å². The summed E-state index contributed by atoms with van der Waals surface area (Å²) in [5, 5.41) is 3.67. The molecule has 1 unspecified atom stereocenters. The average Bonchev–Trinajstić information content (AvgIpc) is 3.26. The van der Waals surface area contributed by atoms with E-state index in [2.05, 4.69) is 12.2 Å². The van der Waals surface area contributed by atoms with E-state index in [1.165, 1.54) is 0 Å². The number of nitrogens with one attached hydrogen (secondary N) is 1. The summed E-state index contributed by atoms with van der Waals surface area (Å²) in [4.78, 5) is 14.1. The molecular weight excluding hydrogens is 292 g/mol. The number of carbonyl (C=O) groups is 1. The summed E-state index contributed by atoms with van der Waals surface area (Å²) in [5.74, 6) is 1.47. The molecule has 0 aliphatic carbocycles. The number of hydrogen-bond donors (Lipinski definition) is 1. The van der Waals surface area contributed by atoms with Gasteiger partial charge in [-0.15, -0.1) is 0 Å². The first-order chi connectivity index (χ1) is 11.2. The minimum atomic E-state index is -0.000632. The van der Waals surface area contributed by atoms with Gasteiger partial charge in [0.05, 0.1) is 12.5 Å². The number of rotatable bonds is 6. The number of likely N-dealkylation sites (tertiary alicyclic amines) is 1. The van der Waals surface area contributed by atoms with Crippen LogP contribution in [0.2, 0.25) is 0 Å². The third kappa shape index (κ3) is 4.26. The Balaban J connectivity index is 1.39. The smallest absolute Gasteiger partial charge is 0.289 e. The largest absolute Gasteiger partial charge is 0.469 e. The fourth-order valence-corrected chi connectivity index (χ4v) is 3.10. The summed E-state index contributed by atoms with van der Waals surface area (Å²) >= 11 is 0. The molecule has 0 saturated carbocycles. The van der Waals surface area contributed by atoms with Gasteiger partial charge in [-0.05, 0) is 50.5 Å². The Morgan fingerprint density at radius 2 is 2.00 bits per heavy atom. The molecule has 5 nitrogen and oxygen atoms in total. The van der Waals surface area contributed by atoms with Crippen molar-refractivity contribution >= 4 is 5.91 Å². The van der Waals surface area contributed by atoms with Crippen LogP contribution < -0.4 is 5.32 Å². The summed E-state index contributed by atoms with van der Waals surface area (Å²) in [6.45, 7) is 3.77. The van der Waals surface area contributed by atoms with E-state index in [4.69, 9.17) is 8.83 Å². The zero-order chi connectivity index (χ0) is 16.1. The monoisotopic (exact) mass is 316 g/mol. The normalized spacial score (nSPS) is 17.3. The summed E-state index contributed by atoms with van der Waals surface area (Å²) in [5.41, 5.74) is 0. The third-order valence-electron chi connectivity index (χ3n) is 4.44. The van der Waals surface area contributed by atoms with Crippen molar-refractivity contribution in [3.05, 3.63) is 48.3 Å². The number of furan rings is 2. The van der Waals surface area contributed by atoms with E-state index in [0.29, 0.717) is 17.8 Å². The number of nitrogens with zero attached hydrogens (tertiary/aromatic N) is 1. The van der Waals surface area contributed by atoms with Gasteiger partial charge < -0.3 is 19.1 Å². The molecule has 0 spiro atoms. The van der Waals surface area contributed by atoms with Gasteiger partial charge in [-0.25, -0.2) is 0 Å². The molecule has 0 bridgehead atoms. The molecule has 1 saturated heterocycles. The van der Waals surface area contributed by atoms with E-state index >= 15 is 0 Å². The van der Waals surface area contributed by atoms with E-state index in [9.17, 15) is 4.79 Å². The van der Waals surface area contributed by atoms with Crippen LogP contribution in [-0.4, -0.2) is 36.0 Å². The lowest BCUT2D eigenvalue weighted by molar-refractivity contribution is 0.0670. The molecule has 1 aliphatic heterocycles. The van der Waals surface area contributed by atoms with Gasteiger partial charge >= 0.3 is 0 Å². The molecule has 5 heteroatoms. The lowest BCUT2D eigenvalue weighted by Gasteiger charge is -2.33. The molecule has 1 atom stereocenters. The maximum absolute atomic E-state index is 12.2. The van der Waals surface area contributed by atoms with Crippen LogP contribution in [-0.2, 0) is 6.42 Å². The average molecular weight is 316 g/mol. The first-order valence-corrected chi connectivity index (χ1v) is 8.33. The molecule has 2 aromatic rings. The highest BCUT2D eigenvalue weighted by molar-refractivity contribution is 5.91. The molecule has 1 N–H and O–H groups in total. The Hall–Kier alpha value is -2.01. The zero-order valence-electron chi connectivity index (χ0n) is 13.5. The molecule has 124 valence electrons. The topological polar surface area (TPSA) is 58.6 Å². The number of piperidine rings is 1. The zero-order valence-corrected chi connectivity index (χ0v) is 13.5. The maximum atomic E-state index is 12.2. The van der Waals surface area contributed by atoms with Crippen LogP contribution in [0.5, 0.6) is 0 Å². The predicted molar refractivity (Wildman–Crippen MR) is 87.3 cm³/mol. The SMILES string of the molecule is CC(CCc1ccco1)NC1CCN(C(=O)c2ccco2)CC1. The molecule has 3 rings (SSSR count). The van der Waals surface area contributed by atoms with Crippen molar-refractivity contribution in [2.24, 2.45) is 0 Å². The second kappa shape index (κ2) is 7.51. The quantitative estimate of drug-likeness (QED) is 0.890. The van der Waals surface area contributed by atoms with E-state index in [-0.39, 0.29) is 5.91 Å². The summed E-state index contributed by atoms with van der Waals surface area (Å²) < 4.78 is 10.6. The Morgan fingerprint density at radius 1 is 1.26 bits per heavy atom. The first kappa shape index (κ1) is 15.9. The van der Waals surface area contributed by atoms with Crippen molar-refractivity contribution in [3.63, 3.8) is 0 Å². The van der Waals surface area contributed by atoms with Crippen molar-refractivity contribution in [2.75, 3.05) is 13.1 Å². The minimum absolute atomic E-state index is 0.000632. The van der Waals surface area contributed by atoms with Crippen LogP contribution in [0.4, 0.5) is 0 Å². The van der Waals surface area contributed by atoms with Crippen molar-refractivity contribution in [1.29, 1.82) is 0 Å². The first-order valence-electron chi connectivity index (χ1n) is 8.33. The lowest BCUT2D eigenvalue weighted by atomic mass is 10.0. The third-order valence-corrected chi connectivity index (χ3v) is 4.44. The van der Waals surface area contributed by atoms with Crippen LogP contribution in [0.25, 0.3) is 0 Å². The molecule has 3 heterocycles. The molecule has 0 aromatic carbocycles. The minimum Gasteiger partial charge on any atom is -0.469 e. The fourth-order valence-electron chi connectivity index (χ4n) is 3.10. The number of carbonyl (C=O) groups excluding carboxylic acids is 1. The van der Waals surface area contributed by atoms with Gasteiger partial charge in [0.1, 0.15) is 5.76 Å². The number of hydrogen-bond acceptors (Lipinski definition) is 4. The van der Waals surface area contributed by atoms with E-state index in [1.54, 1.807) is 24.7 Å². The van der Waals surface area contributed by atoms with Gasteiger partial charge in [0.15, 0.2) is 5.76 Å². The lowest BCUT2D eigenvalue weighted by Crippen LogP contribution is -2.47. The van der Waals surface area contributed by atoms with Crippen molar-refractivity contribution in [3.8, 4) is 0 Å². The van der Waals surface area contributed by atoms with Gasteiger partial charge in [0, 0.05) is 31.6 Å². The molecule has 1 amide bonds. The summed E-state index contributed by atoms with van der Waals surface area (Å²) in [6.07, 6.45) is 7.24. The highest BCUT2D eigenvalue weighted by Gasteiger charge is 2.25. The van der Waals surface area contributed by atoms with Crippen LogP contribution in [0, 0.1) is 0 Å². The molecule has 0 radical (unpaired) electrons. The summed E-state index contributed by atoms with van der Waals surface area (Å²) in [7, 11) is 0. The molecule has 1 fully saturated rings. The van der Waals surface area contributed by atoms with Crippen LogP contribution in [0.15, 0.2) is 45.6 Å². The standard InChI is InChI=1S/C18H24N2O3/c1-14(6-7-16-4-2-12-22-16)19-15-8-10-20(11-9-15)18(21)17-5-3-13-23-17/h2-5,12-15,19H,6-11H2,1H3. The van der Waals surface area contributed by atoms with Crippen molar-refractivity contribution < 1.29 is 13.6 Å². The second-order valence-electron chi connectivity index (χ2n) is 6.23. The van der Waals surface area contributed by atoms with Gasteiger partial charge in [-0.2, -0.15) is 0 Å². The Labute approximate surface area is 136 Å². The van der Waals surface area contributed by atoms with Crippen molar-refractivity contribution in [1.82, 2.24) is 10.2 Å². The van der Waals surface area contributed by atoms with Crippen LogP contribution in [0.3, 0.4) is 0 Å². The Kier molecular flexibility index (Phi) is 5.18. The Bertz CT molecular complexity index is 584. The second-order valence-corrected chi connectivity index (χ2v) is 6.23. The Morgan fingerprint density at radius 3 is 2.65 bits per heavy atom. The molecule has 1 aliphatic rings. The molecule has 2 aromatic heterocycles. The maximum Gasteiger partial charge on any atom is 0.289 e. The predicted octanol–water partition coefficient (Wildman–Crippen LogP) is 3.09. The number of amides is 1. The van der Waals surface area contributed by atoms with Gasteiger partial charge in [0.25, 0.3) is 5.91 Å². The van der Waals surface area contributed by atoms with E-state index < -0.39 is 0 Å². The molecular formula is C18H24N2O3. The van der Waals surface area contributed by atoms with E-state index in [1.807, 2.05) is 17.0 Å². The van der Waals surface area contributed by atoms with Gasteiger partial charge in [-0.1, -0.05) is 0 Å².